The Bertz CT molecular complexity index is 1360. The third-order valence-electron chi connectivity index (χ3n) is 5.26. The maximum absolute atomic E-state index is 12.7. The number of halogens is 1. The Hall–Kier alpha value is -3.83. The Morgan fingerprint density at radius 3 is 2.29 bits per heavy atom. The third-order valence-corrected chi connectivity index (χ3v) is 6.84. The molecule has 0 aliphatic carbocycles. The van der Waals surface area contributed by atoms with Crippen molar-refractivity contribution in [2.24, 2.45) is 0 Å². The number of hydrogen-bond donors (Lipinski definition) is 2. The van der Waals surface area contributed by atoms with E-state index in [-0.39, 0.29) is 13.2 Å². The van der Waals surface area contributed by atoms with Crippen molar-refractivity contribution in [2.75, 3.05) is 6.61 Å². The van der Waals surface area contributed by atoms with E-state index in [1.807, 2.05) is 78.2 Å². The number of ether oxygens (including phenoxy) is 2. The second-order valence-electron chi connectivity index (χ2n) is 8.21. The van der Waals surface area contributed by atoms with Crippen LogP contribution >= 0.6 is 27.7 Å². The number of carbonyl (C=O) groups is 2. The number of aromatic nitrogens is 3. The summed E-state index contributed by atoms with van der Waals surface area (Å²) in [6.45, 7) is 3.69. The highest BCUT2D eigenvalue weighted by Gasteiger charge is 2.22. The maximum atomic E-state index is 12.7. The lowest BCUT2D eigenvalue weighted by atomic mass is 10.2. The predicted molar refractivity (Wildman–Crippen MR) is 148 cm³/mol. The summed E-state index contributed by atoms with van der Waals surface area (Å²) in [6, 6.07) is 24.4. The minimum atomic E-state index is -0.583. The number of para-hydroxylation sites is 1. The summed E-state index contributed by atoms with van der Waals surface area (Å²) in [5.74, 6) is 0.972. The smallest absolute Gasteiger partial charge is 0.276 e. The van der Waals surface area contributed by atoms with Crippen LogP contribution in [0.4, 0.5) is 0 Å². The molecule has 1 aromatic heterocycles. The van der Waals surface area contributed by atoms with Gasteiger partial charge in [0.25, 0.3) is 11.8 Å². The van der Waals surface area contributed by atoms with Crippen molar-refractivity contribution >= 4 is 39.5 Å². The summed E-state index contributed by atoms with van der Waals surface area (Å²) < 4.78 is 14.1. The lowest BCUT2D eigenvalue weighted by Gasteiger charge is -2.15. The van der Waals surface area contributed by atoms with Crippen LogP contribution in [0.5, 0.6) is 11.5 Å². The molecule has 0 aliphatic heterocycles. The van der Waals surface area contributed by atoms with Crippen LogP contribution in [0.15, 0.2) is 88.5 Å². The molecule has 0 bridgehead atoms. The number of nitrogens with one attached hydrogen (secondary N) is 2. The van der Waals surface area contributed by atoms with Crippen LogP contribution in [0.2, 0.25) is 0 Å². The van der Waals surface area contributed by atoms with Gasteiger partial charge in [-0.3, -0.25) is 25.0 Å². The highest BCUT2D eigenvalue weighted by molar-refractivity contribution is 9.10. The molecule has 196 valence electrons. The summed E-state index contributed by atoms with van der Waals surface area (Å²) in [5.41, 5.74) is 6.80. The molecule has 0 spiro atoms. The molecule has 38 heavy (non-hydrogen) atoms. The molecule has 0 fully saturated rings. The monoisotopic (exact) mass is 595 g/mol. The lowest BCUT2D eigenvalue weighted by molar-refractivity contribution is -0.129. The molecule has 1 atom stereocenters. The Labute approximate surface area is 233 Å². The summed E-state index contributed by atoms with van der Waals surface area (Å²) in [5, 5.41) is 8.56. The average Bonchev–Trinajstić information content (AvgIpc) is 3.33. The largest absolute Gasteiger partial charge is 0.486 e. The molecule has 1 heterocycles. The fourth-order valence-electron chi connectivity index (χ4n) is 3.25. The van der Waals surface area contributed by atoms with E-state index < -0.39 is 17.1 Å². The number of benzene rings is 3. The normalized spacial score (nSPS) is 11.4. The number of rotatable bonds is 10. The van der Waals surface area contributed by atoms with Crippen molar-refractivity contribution in [1.29, 1.82) is 0 Å². The molecule has 4 aromatic rings. The Balaban J connectivity index is 1.36. The molecule has 0 radical (unpaired) electrons. The first-order valence-corrected chi connectivity index (χ1v) is 13.4. The molecular weight excluding hydrogens is 570 g/mol. The van der Waals surface area contributed by atoms with E-state index in [0.29, 0.717) is 16.7 Å². The minimum absolute atomic E-state index is 0.195. The van der Waals surface area contributed by atoms with Gasteiger partial charge in [0.05, 0.1) is 5.25 Å². The molecule has 2 amide bonds. The van der Waals surface area contributed by atoms with Crippen LogP contribution < -0.4 is 20.3 Å². The van der Waals surface area contributed by atoms with Gasteiger partial charge < -0.3 is 9.47 Å². The number of carbonyl (C=O) groups excluding carboxylic acids is 2. The number of amides is 2. The molecule has 9 nitrogen and oxygen atoms in total. The third kappa shape index (κ3) is 7.59. The molecule has 0 saturated carbocycles. The van der Waals surface area contributed by atoms with Crippen LogP contribution in [0, 0.1) is 6.92 Å². The molecule has 0 aliphatic rings. The molecule has 11 heteroatoms. The van der Waals surface area contributed by atoms with Crippen molar-refractivity contribution in [3.05, 3.63) is 94.7 Å². The van der Waals surface area contributed by atoms with Gasteiger partial charge in [-0.25, -0.2) is 0 Å². The fourth-order valence-corrected chi connectivity index (χ4v) is 4.40. The summed E-state index contributed by atoms with van der Waals surface area (Å²) in [4.78, 5) is 24.8. The van der Waals surface area contributed by atoms with E-state index in [4.69, 9.17) is 9.47 Å². The zero-order valence-electron chi connectivity index (χ0n) is 20.8. The highest BCUT2D eigenvalue weighted by Crippen LogP contribution is 2.26. The van der Waals surface area contributed by atoms with Gasteiger partial charge in [0, 0.05) is 10.2 Å². The van der Waals surface area contributed by atoms with Crippen molar-refractivity contribution < 1.29 is 19.1 Å². The summed E-state index contributed by atoms with van der Waals surface area (Å²) in [6.07, 6.45) is 0. The van der Waals surface area contributed by atoms with Gasteiger partial charge in [0.1, 0.15) is 18.1 Å². The van der Waals surface area contributed by atoms with Crippen molar-refractivity contribution in [3.8, 4) is 17.2 Å². The van der Waals surface area contributed by atoms with Gasteiger partial charge in [0.2, 0.25) is 0 Å². The van der Waals surface area contributed by atoms with E-state index in [2.05, 4.69) is 37.0 Å². The molecular formula is C27H26BrN5O4S. The molecule has 4 rings (SSSR count). The molecule has 0 unspecified atom stereocenters. The van der Waals surface area contributed by atoms with Crippen LogP contribution in [-0.2, 0) is 16.2 Å². The average molecular weight is 597 g/mol. The Morgan fingerprint density at radius 1 is 0.921 bits per heavy atom. The van der Waals surface area contributed by atoms with Crippen molar-refractivity contribution in [3.63, 3.8) is 0 Å². The zero-order valence-corrected chi connectivity index (χ0v) is 23.2. The first-order chi connectivity index (χ1) is 18.4. The summed E-state index contributed by atoms with van der Waals surface area (Å²) >= 11 is 4.56. The Kier molecular flexibility index (Phi) is 9.39. The number of aryl methyl sites for hydroxylation is 1. The SMILES string of the molecule is Cc1ccc(OCc2nnc(S[C@H](C)C(=O)NNC(=O)COc3ccc(Br)cc3)n2-c2ccccc2)cc1. The number of hydrogen-bond acceptors (Lipinski definition) is 7. The van der Waals surface area contributed by atoms with Crippen LogP contribution in [-0.4, -0.2) is 38.4 Å². The van der Waals surface area contributed by atoms with Crippen LogP contribution in [0.1, 0.15) is 18.3 Å². The molecule has 0 saturated heterocycles. The van der Waals surface area contributed by atoms with Crippen molar-refractivity contribution in [2.45, 2.75) is 30.9 Å². The fraction of sp³-hybridized carbons (Fsp3) is 0.185. The van der Waals surface area contributed by atoms with E-state index in [1.165, 1.54) is 11.8 Å². The van der Waals surface area contributed by atoms with Crippen LogP contribution in [0.3, 0.4) is 0 Å². The standard InChI is InChI=1S/C27H26BrN5O4S/c1-18-8-12-22(13-9-18)36-16-24-29-32-27(33(24)21-6-4-3-5-7-21)38-19(2)26(35)31-30-25(34)17-37-23-14-10-20(28)11-15-23/h3-15,19H,16-17H2,1-2H3,(H,30,34)(H,31,35)/t19-/m1/s1. The van der Waals surface area contributed by atoms with Crippen LogP contribution in [0.25, 0.3) is 5.69 Å². The maximum Gasteiger partial charge on any atom is 0.276 e. The molecule has 3 aromatic carbocycles. The number of thioether (sulfide) groups is 1. The predicted octanol–water partition coefficient (Wildman–Crippen LogP) is 4.62. The quantitative estimate of drug-likeness (QED) is 0.203. The van der Waals surface area contributed by atoms with Gasteiger partial charge in [-0.15, -0.1) is 10.2 Å². The van der Waals surface area contributed by atoms with Gasteiger partial charge >= 0.3 is 0 Å². The van der Waals surface area contributed by atoms with Crippen molar-refractivity contribution in [1.82, 2.24) is 25.6 Å². The van der Waals surface area contributed by atoms with E-state index >= 15 is 0 Å². The van der Waals surface area contributed by atoms with E-state index in [0.717, 1.165) is 21.5 Å². The second kappa shape index (κ2) is 13.1. The van der Waals surface area contributed by atoms with E-state index in [9.17, 15) is 9.59 Å². The second-order valence-corrected chi connectivity index (χ2v) is 10.4. The molecule has 2 N–H and O–H groups in total. The Morgan fingerprint density at radius 2 is 1.58 bits per heavy atom. The highest BCUT2D eigenvalue weighted by atomic mass is 79.9. The van der Waals surface area contributed by atoms with Gasteiger partial charge in [-0.05, 0) is 62.4 Å². The van der Waals surface area contributed by atoms with Gasteiger partial charge in [0.15, 0.2) is 17.6 Å². The van der Waals surface area contributed by atoms with Gasteiger partial charge in [-0.2, -0.15) is 0 Å². The van der Waals surface area contributed by atoms with Gasteiger partial charge in [-0.1, -0.05) is 63.6 Å². The lowest BCUT2D eigenvalue weighted by Crippen LogP contribution is -2.46. The minimum Gasteiger partial charge on any atom is -0.486 e. The first-order valence-electron chi connectivity index (χ1n) is 11.7. The number of nitrogens with zero attached hydrogens (tertiary/aromatic N) is 3. The zero-order chi connectivity index (χ0) is 26.9. The van der Waals surface area contributed by atoms with E-state index in [1.54, 1.807) is 19.1 Å². The first kappa shape index (κ1) is 27.2. The number of hydrazine groups is 1. The summed E-state index contributed by atoms with van der Waals surface area (Å²) in [7, 11) is 0. The topological polar surface area (TPSA) is 107 Å².